The number of halogens is 1. The Morgan fingerprint density at radius 2 is 2.25 bits per heavy atom. The summed E-state index contributed by atoms with van der Waals surface area (Å²) in [5.74, 6) is 0.731. The highest BCUT2D eigenvalue weighted by Crippen LogP contribution is 2.08. The summed E-state index contributed by atoms with van der Waals surface area (Å²) < 4.78 is 5.29. The van der Waals surface area contributed by atoms with E-state index in [0.717, 1.165) is 19.5 Å². The molecular formula is C11H23ClN2O2. The Bertz CT molecular complexity index is 206. The van der Waals surface area contributed by atoms with Crippen molar-refractivity contribution in [3.8, 4) is 0 Å². The van der Waals surface area contributed by atoms with E-state index in [2.05, 4.69) is 24.5 Å². The van der Waals surface area contributed by atoms with Crippen molar-refractivity contribution in [2.24, 2.45) is 11.8 Å². The molecule has 1 saturated heterocycles. The first-order valence-electron chi connectivity index (χ1n) is 5.66. The number of carbonyl (C=O) groups excluding carboxylic acids is 1. The van der Waals surface area contributed by atoms with Gasteiger partial charge in [-0.25, -0.2) is 0 Å². The molecule has 0 spiro atoms. The molecule has 0 aliphatic carbocycles. The molecular weight excluding hydrogens is 228 g/mol. The van der Waals surface area contributed by atoms with Crippen molar-refractivity contribution < 1.29 is 9.53 Å². The Morgan fingerprint density at radius 3 is 2.69 bits per heavy atom. The highest BCUT2D eigenvalue weighted by molar-refractivity contribution is 5.85. The lowest BCUT2D eigenvalue weighted by Crippen LogP contribution is -2.39. The highest BCUT2D eigenvalue weighted by Gasteiger charge is 2.23. The first-order valence-corrected chi connectivity index (χ1v) is 5.66. The third-order valence-electron chi connectivity index (χ3n) is 2.95. The van der Waals surface area contributed by atoms with E-state index < -0.39 is 0 Å². The van der Waals surface area contributed by atoms with Crippen LogP contribution >= 0.6 is 12.4 Å². The number of rotatable bonds is 5. The van der Waals surface area contributed by atoms with E-state index in [1.54, 1.807) is 7.11 Å². The van der Waals surface area contributed by atoms with Crippen molar-refractivity contribution in [3.63, 3.8) is 0 Å². The predicted octanol–water partition coefficient (Wildman–Crippen LogP) is 0.805. The van der Waals surface area contributed by atoms with Gasteiger partial charge in [-0.15, -0.1) is 12.4 Å². The quantitative estimate of drug-likeness (QED) is 0.759. The number of nitrogens with one attached hydrogen (secondary N) is 2. The zero-order chi connectivity index (χ0) is 11.3. The van der Waals surface area contributed by atoms with E-state index in [1.165, 1.54) is 0 Å². The van der Waals surface area contributed by atoms with Gasteiger partial charge in [0.15, 0.2) is 0 Å². The largest absolute Gasteiger partial charge is 0.379 e. The van der Waals surface area contributed by atoms with Crippen LogP contribution in [-0.2, 0) is 9.53 Å². The molecule has 1 heterocycles. The summed E-state index contributed by atoms with van der Waals surface area (Å²) in [7, 11) is 1.69. The third kappa shape index (κ3) is 4.68. The first-order chi connectivity index (χ1) is 7.15. The maximum atomic E-state index is 11.7. The fourth-order valence-corrected chi connectivity index (χ4v) is 1.82. The van der Waals surface area contributed by atoms with Crippen LogP contribution in [0.1, 0.15) is 20.3 Å². The van der Waals surface area contributed by atoms with Gasteiger partial charge < -0.3 is 15.4 Å². The molecule has 0 saturated carbocycles. The number of carbonyl (C=O) groups is 1. The molecule has 1 aliphatic rings. The summed E-state index contributed by atoms with van der Waals surface area (Å²) in [5, 5.41) is 6.14. The molecule has 5 heteroatoms. The number of hydrogen-bond acceptors (Lipinski definition) is 3. The molecule has 0 aromatic carbocycles. The molecule has 4 nitrogen and oxygen atoms in total. The fraction of sp³-hybridized carbons (Fsp3) is 0.909. The van der Waals surface area contributed by atoms with Crippen LogP contribution in [0, 0.1) is 11.8 Å². The van der Waals surface area contributed by atoms with E-state index in [0.29, 0.717) is 12.5 Å². The zero-order valence-corrected chi connectivity index (χ0v) is 11.1. The second kappa shape index (κ2) is 7.87. The standard InChI is InChI=1S/C11H22N2O2.ClH/c1-8(2)10(15-3)7-13-11(14)9-4-5-12-6-9;/h8-10,12H,4-7H2,1-3H3,(H,13,14);1H. The average Bonchev–Trinajstić information content (AvgIpc) is 2.70. The molecule has 1 amide bonds. The second-order valence-corrected chi connectivity index (χ2v) is 4.45. The van der Waals surface area contributed by atoms with Crippen molar-refractivity contribution in [2.45, 2.75) is 26.4 Å². The zero-order valence-electron chi connectivity index (χ0n) is 10.3. The summed E-state index contributed by atoms with van der Waals surface area (Å²) in [6.07, 6.45) is 1.06. The summed E-state index contributed by atoms with van der Waals surface area (Å²) in [6, 6.07) is 0. The van der Waals surface area contributed by atoms with Crippen LogP contribution < -0.4 is 10.6 Å². The molecule has 0 radical (unpaired) electrons. The molecule has 0 aromatic heterocycles. The molecule has 0 bridgehead atoms. The minimum atomic E-state index is 0. The van der Waals surface area contributed by atoms with Crippen molar-refractivity contribution >= 4 is 18.3 Å². The lowest BCUT2D eigenvalue weighted by atomic mass is 10.1. The van der Waals surface area contributed by atoms with Crippen LogP contribution in [0.2, 0.25) is 0 Å². The van der Waals surface area contributed by atoms with Gasteiger partial charge in [0, 0.05) is 20.2 Å². The third-order valence-corrected chi connectivity index (χ3v) is 2.95. The molecule has 0 aromatic rings. The van der Waals surface area contributed by atoms with Crippen LogP contribution in [0.25, 0.3) is 0 Å². The number of ether oxygens (including phenoxy) is 1. The van der Waals surface area contributed by atoms with Gasteiger partial charge in [0.05, 0.1) is 12.0 Å². The van der Waals surface area contributed by atoms with Gasteiger partial charge in [0.2, 0.25) is 5.91 Å². The van der Waals surface area contributed by atoms with Gasteiger partial charge in [0.25, 0.3) is 0 Å². The van der Waals surface area contributed by atoms with Gasteiger partial charge in [-0.3, -0.25) is 4.79 Å². The molecule has 96 valence electrons. The average molecular weight is 251 g/mol. The summed E-state index contributed by atoms with van der Waals surface area (Å²) in [5.41, 5.74) is 0. The second-order valence-electron chi connectivity index (χ2n) is 4.45. The minimum Gasteiger partial charge on any atom is -0.379 e. The highest BCUT2D eigenvalue weighted by atomic mass is 35.5. The Kier molecular flexibility index (Phi) is 7.72. The SMILES string of the molecule is COC(CNC(=O)C1CCNC1)C(C)C.Cl. The van der Waals surface area contributed by atoms with Crippen molar-refractivity contribution in [2.75, 3.05) is 26.7 Å². The monoisotopic (exact) mass is 250 g/mol. The van der Waals surface area contributed by atoms with E-state index >= 15 is 0 Å². The van der Waals surface area contributed by atoms with Gasteiger partial charge in [-0.2, -0.15) is 0 Å². The van der Waals surface area contributed by atoms with E-state index in [1.807, 2.05) is 0 Å². The molecule has 2 unspecified atom stereocenters. The van der Waals surface area contributed by atoms with Gasteiger partial charge >= 0.3 is 0 Å². The van der Waals surface area contributed by atoms with Crippen LogP contribution in [-0.4, -0.2) is 38.8 Å². The van der Waals surface area contributed by atoms with Crippen LogP contribution in [0.15, 0.2) is 0 Å². The van der Waals surface area contributed by atoms with Crippen molar-refractivity contribution in [3.05, 3.63) is 0 Å². The number of methoxy groups -OCH3 is 1. The van der Waals surface area contributed by atoms with Gasteiger partial charge in [-0.1, -0.05) is 13.8 Å². The predicted molar refractivity (Wildman–Crippen MR) is 66.9 cm³/mol. The van der Waals surface area contributed by atoms with Gasteiger partial charge in [-0.05, 0) is 18.9 Å². The van der Waals surface area contributed by atoms with E-state index in [9.17, 15) is 4.79 Å². The Labute approximate surface area is 104 Å². The normalized spacial score (nSPS) is 21.6. The summed E-state index contributed by atoms with van der Waals surface area (Å²) in [4.78, 5) is 11.7. The Balaban J connectivity index is 0.00000225. The minimum absolute atomic E-state index is 0. The Morgan fingerprint density at radius 1 is 1.56 bits per heavy atom. The molecule has 1 rings (SSSR count). The lowest BCUT2D eigenvalue weighted by Gasteiger charge is -2.20. The maximum Gasteiger partial charge on any atom is 0.224 e. The molecule has 16 heavy (non-hydrogen) atoms. The van der Waals surface area contributed by atoms with Crippen molar-refractivity contribution in [1.29, 1.82) is 0 Å². The van der Waals surface area contributed by atoms with Crippen molar-refractivity contribution in [1.82, 2.24) is 10.6 Å². The fourth-order valence-electron chi connectivity index (χ4n) is 1.82. The molecule has 2 atom stereocenters. The number of hydrogen-bond donors (Lipinski definition) is 2. The molecule has 1 aliphatic heterocycles. The Hall–Kier alpha value is -0.320. The lowest BCUT2D eigenvalue weighted by molar-refractivity contribution is -0.125. The maximum absolute atomic E-state index is 11.7. The topological polar surface area (TPSA) is 50.4 Å². The van der Waals surface area contributed by atoms with E-state index in [-0.39, 0.29) is 30.3 Å². The molecule has 1 fully saturated rings. The van der Waals surface area contributed by atoms with Gasteiger partial charge in [0.1, 0.15) is 0 Å². The summed E-state index contributed by atoms with van der Waals surface area (Å²) in [6.45, 7) is 6.57. The number of amides is 1. The van der Waals surface area contributed by atoms with Crippen LogP contribution in [0.5, 0.6) is 0 Å². The van der Waals surface area contributed by atoms with E-state index in [4.69, 9.17) is 4.74 Å². The van der Waals surface area contributed by atoms with Crippen LogP contribution in [0.3, 0.4) is 0 Å². The smallest absolute Gasteiger partial charge is 0.224 e. The molecule has 2 N–H and O–H groups in total. The van der Waals surface area contributed by atoms with Crippen LogP contribution in [0.4, 0.5) is 0 Å². The first kappa shape index (κ1) is 15.7. The summed E-state index contributed by atoms with van der Waals surface area (Å²) >= 11 is 0.